The van der Waals surface area contributed by atoms with Crippen LogP contribution in [0.1, 0.15) is 26.7 Å². The molecule has 0 saturated heterocycles. The van der Waals surface area contributed by atoms with E-state index in [1.54, 1.807) is 6.92 Å². The van der Waals surface area contributed by atoms with Crippen molar-refractivity contribution in [3.63, 3.8) is 0 Å². The number of rotatable bonds is 8. The van der Waals surface area contributed by atoms with E-state index in [0.717, 1.165) is 19.4 Å². The monoisotopic (exact) mass is 205 g/mol. The lowest BCUT2D eigenvalue weighted by molar-refractivity contribution is 0.0695. The van der Waals surface area contributed by atoms with Crippen molar-refractivity contribution in [1.29, 1.82) is 0 Å². The molecule has 1 atom stereocenters. The highest BCUT2D eigenvalue weighted by Crippen LogP contribution is 2.11. The van der Waals surface area contributed by atoms with Gasteiger partial charge in [0.25, 0.3) is 0 Å². The van der Waals surface area contributed by atoms with Gasteiger partial charge in [-0.15, -0.1) is 0 Å². The summed E-state index contributed by atoms with van der Waals surface area (Å²) in [5.41, 5.74) is -0.440. The summed E-state index contributed by atoms with van der Waals surface area (Å²) in [6, 6.07) is 0. The molecule has 1 unspecified atom stereocenters. The number of aliphatic hydroxyl groups excluding tert-OH is 3. The van der Waals surface area contributed by atoms with Crippen molar-refractivity contribution in [1.82, 2.24) is 5.32 Å². The standard InChI is InChI=1S/C10H23NO3/c1-9(14)4-3-5-11-6-10(2,7-12)8-13/h9,11-14H,3-8H2,1-2H3. The van der Waals surface area contributed by atoms with Gasteiger partial charge in [-0.3, -0.25) is 0 Å². The van der Waals surface area contributed by atoms with E-state index < -0.39 is 5.41 Å². The molecule has 0 aromatic carbocycles. The highest BCUT2D eigenvalue weighted by molar-refractivity contribution is 4.74. The molecule has 0 aromatic rings. The van der Waals surface area contributed by atoms with Crippen LogP contribution in [-0.4, -0.2) is 47.7 Å². The van der Waals surface area contributed by atoms with Crippen LogP contribution in [0.3, 0.4) is 0 Å². The maximum atomic E-state index is 9.00. The van der Waals surface area contributed by atoms with Crippen LogP contribution in [-0.2, 0) is 0 Å². The van der Waals surface area contributed by atoms with Gasteiger partial charge >= 0.3 is 0 Å². The first-order chi connectivity index (χ1) is 6.54. The Morgan fingerprint density at radius 1 is 1.29 bits per heavy atom. The molecule has 0 spiro atoms. The van der Waals surface area contributed by atoms with E-state index in [4.69, 9.17) is 15.3 Å². The average molecular weight is 205 g/mol. The Kier molecular flexibility index (Phi) is 7.09. The van der Waals surface area contributed by atoms with Gasteiger partial charge in [-0.1, -0.05) is 6.92 Å². The molecular weight excluding hydrogens is 182 g/mol. The van der Waals surface area contributed by atoms with Crippen molar-refractivity contribution in [2.24, 2.45) is 5.41 Å². The van der Waals surface area contributed by atoms with Gasteiger partial charge in [0.1, 0.15) is 0 Å². The summed E-state index contributed by atoms with van der Waals surface area (Å²) in [6.07, 6.45) is 1.44. The molecule has 0 aromatic heterocycles. The van der Waals surface area contributed by atoms with Crippen molar-refractivity contribution in [2.45, 2.75) is 32.8 Å². The van der Waals surface area contributed by atoms with Gasteiger partial charge in [0.05, 0.1) is 19.3 Å². The smallest absolute Gasteiger partial charge is 0.0518 e. The van der Waals surface area contributed by atoms with Gasteiger partial charge in [0, 0.05) is 12.0 Å². The minimum absolute atomic E-state index is 0.0209. The van der Waals surface area contributed by atoms with E-state index in [1.807, 2.05) is 6.92 Å². The lowest BCUT2D eigenvalue weighted by atomic mass is 9.93. The minimum Gasteiger partial charge on any atom is -0.396 e. The van der Waals surface area contributed by atoms with Crippen molar-refractivity contribution in [3.05, 3.63) is 0 Å². The van der Waals surface area contributed by atoms with Crippen LogP contribution in [0.2, 0.25) is 0 Å². The van der Waals surface area contributed by atoms with Crippen molar-refractivity contribution < 1.29 is 15.3 Å². The van der Waals surface area contributed by atoms with Crippen LogP contribution < -0.4 is 5.32 Å². The Hall–Kier alpha value is -0.160. The van der Waals surface area contributed by atoms with Gasteiger partial charge in [0.15, 0.2) is 0 Å². The molecule has 0 amide bonds. The second kappa shape index (κ2) is 7.17. The topological polar surface area (TPSA) is 72.7 Å². The number of nitrogens with one attached hydrogen (secondary N) is 1. The van der Waals surface area contributed by atoms with E-state index in [-0.39, 0.29) is 19.3 Å². The average Bonchev–Trinajstić information content (AvgIpc) is 2.16. The molecule has 86 valence electrons. The fraction of sp³-hybridized carbons (Fsp3) is 1.00. The minimum atomic E-state index is -0.440. The molecule has 4 N–H and O–H groups in total. The Balaban J connectivity index is 3.43. The molecule has 0 aliphatic carbocycles. The van der Waals surface area contributed by atoms with Gasteiger partial charge in [-0.05, 0) is 26.3 Å². The molecule has 0 rings (SSSR count). The molecule has 0 heterocycles. The second-order valence-corrected chi connectivity index (χ2v) is 4.29. The van der Waals surface area contributed by atoms with Crippen LogP contribution in [0.5, 0.6) is 0 Å². The van der Waals surface area contributed by atoms with Crippen LogP contribution >= 0.6 is 0 Å². The van der Waals surface area contributed by atoms with Crippen molar-refractivity contribution in [2.75, 3.05) is 26.3 Å². The second-order valence-electron chi connectivity index (χ2n) is 4.29. The summed E-state index contributed by atoms with van der Waals surface area (Å²) >= 11 is 0. The zero-order valence-electron chi connectivity index (χ0n) is 9.16. The van der Waals surface area contributed by atoms with Crippen molar-refractivity contribution in [3.8, 4) is 0 Å². The third kappa shape index (κ3) is 6.32. The van der Waals surface area contributed by atoms with E-state index in [0.29, 0.717) is 6.54 Å². The fourth-order valence-corrected chi connectivity index (χ4v) is 1.07. The molecular formula is C10H23NO3. The number of hydrogen-bond donors (Lipinski definition) is 4. The Labute approximate surface area is 86.0 Å². The summed E-state index contributed by atoms with van der Waals surface area (Å²) in [7, 11) is 0. The summed E-state index contributed by atoms with van der Waals surface area (Å²) in [4.78, 5) is 0. The Morgan fingerprint density at radius 3 is 2.29 bits per heavy atom. The predicted octanol–water partition coefficient (Wildman–Crippen LogP) is -0.272. The van der Waals surface area contributed by atoms with E-state index in [2.05, 4.69) is 5.32 Å². The fourth-order valence-electron chi connectivity index (χ4n) is 1.07. The molecule has 0 aliphatic heterocycles. The van der Waals surface area contributed by atoms with Gasteiger partial charge in [-0.25, -0.2) is 0 Å². The predicted molar refractivity (Wildman–Crippen MR) is 56.1 cm³/mol. The molecule has 0 aliphatic rings. The van der Waals surface area contributed by atoms with Gasteiger partial charge < -0.3 is 20.6 Å². The van der Waals surface area contributed by atoms with E-state index in [9.17, 15) is 0 Å². The Bertz CT molecular complexity index is 135. The molecule has 4 heteroatoms. The lowest BCUT2D eigenvalue weighted by Crippen LogP contribution is -2.38. The zero-order valence-corrected chi connectivity index (χ0v) is 9.16. The van der Waals surface area contributed by atoms with Crippen LogP contribution in [0.15, 0.2) is 0 Å². The largest absolute Gasteiger partial charge is 0.396 e. The molecule has 14 heavy (non-hydrogen) atoms. The summed E-state index contributed by atoms with van der Waals surface area (Å²) in [6.45, 7) is 4.96. The summed E-state index contributed by atoms with van der Waals surface area (Å²) in [5, 5.41) is 30.1. The quantitative estimate of drug-likeness (QED) is 0.412. The SMILES string of the molecule is CC(O)CCCNCC(C)(CO)CO. The molecule has 0 bridgehead atoms. The highest BCUT2D eigenvalue weighted by Gasteiger charge is 2.21. The zero-order chi connectivity index (χ0) is 11.0. The molecule has 0 saturated carbocycles. The lowest BCUT2D eigenvalue weighted by Gasteiger charge is -2.24. The summed E-state index contributed by atoms with van der Waals surface area (Å²) < 4.78 is 0. The molecule has 0 fully saturated rings. The van der Waals surface area contributed by atoms with Crippen molar-refractivity contribution >= 4 is 0 Å². The normalized spacial score (nSPS) is 14.4. The first kappa shape index (κ1) is 13.8. The molecule has 4 nitrogen and oxygen atoms in total. The number of aliphatic hydroxyl groups is 3. The van der Waals surface area contributed by atoms with Crippen LogP contribution in [0.25, 0.3) is 0 Å². The first-order valence-corrected chi connectivity index (χ1v) is 5.14. The van der Waals surface area contributed by atoms with E-state index >= 15 is 0 Å². The van der Waals surface area contributed by atoms with Gasteiger partial charge in [0.2, 0.25) is 0 Å². The van der Waals surface area contributed by atoms with Crippen LogP contribution in [0, 0.1) is 5.41 Å². The number of hydrogen-bond acceptors (Lipinski definition) is 4. The Morgan fingerprint density at radius 2 is 1.86 bits per heavy atom. The maximum Gasteiger partial charge on any atom is 0.0518 e. The van der Waals surface area contributed by atoms with Crippen LogP contribution in [0.4, 0.5) is 0 Å². The van der Waals surface area contributed by atoms with E-state index in [1.165, 1.54) is 0 Å². The third-order valence-corrected chi connectivity index (χ3v) is 2.29. The highest BCUT2D eigenvalue weighted by atomic mass is 16.3. The third-order valence-electron chi connectivity index (χ3n) is 2.29. The molecule has 0 radical (unpaired) electrons. The summed E-state index contributed by atoms with van der Waals surface area (Å²) in [5.74, 6) is 0. The van der Waals surface area contributed by atoms with Gasteiger partial charge in [-0.2, -0.15) is 0 Å². The maximum absolute atomic E-state index is 9.00. The first-order valence-electron chi connectivity index (χ1n) is 5.14.